The van der Waals surface area contributed by atoms with Gasteiger partial charge in [-0.15, -0.1) is 0 Å². The van der Waals surface area contributed by atoms with Gasteiger partial charge in [0.2, 0.25) is 0 Å². The zero-order chi connectivity index (χ0) is 15.7. The number of nitrogens with zero attached hydrogens (tertiary/aromatic N) is 3. The first-order valence-corrected chi connectivity index (χ1v) is 5.37. The van der Waals surface area contributed by atoms with Crippen LogP contribution in [0.2, 0.25) is 0 Å². The quantitative estimate of drug-likeness (QED) is 0.477. The number of carbonyl (C=O) groups excluding carboxylic acids is 1. The Balaban J connectivity index is 3.21. The van der Waals surface area contributed by atoms with Crippen molar-refractivity contribution in [3.8, 4) is 0 Å². The van der Waals surface area contributed by atoms with E-state index in [4.69, 9.17) is 0 Å². The number of rotatable bonds is 4. The number of nitro benzene ring substituents is 3. The van der Waals surface area contributed by atoms with E-state index < -0.39 is 37.4 Å². The van der Waals surface area contributed by atoms with Crippen LogP contribution in [-0.4, -0.2) is 21.1 Å². The summed E-state index contributed by atoms with van der Waals surface area (Å²) in [6, 6.07) is 5.23. The van der Waals surface area contributed by atoms with Crippen LogP contribution in [0.4, 0.5) is 17.1 Å². The number of fused-ring (bicyclic) bond motifs is 1. The number of hydrogen-bond acceptors (Lipinski definition) is 7. The molecule has 0 radical (unpaired) electrons. The van der Waals surface area contributed by atoms with Crippen LogP contribution in [0, 0.1) is 30.3 Å². The Morgan fingerprint density at radius 2 is 1.24 bits per heavy atom. The Labute approximate surface area is 115 Å². The zero-order valence-corrected chi connectivity index (χ0v) is 10.1. The van der Waals surface area contributed by atoms with E-state index in [1.165, 1.54) is 24.3 Å². The Kier molecular flexibility index (Phi) is 3.28. The molecule has 0 saturated heterocycles. The second-order valence-corrected chi connectivity index (χ2v) is 3.89. The summed E-state index contributed by atoms with van der Waals surface area (Å²) in [7, 11) is 0. The van der Waals surface area contributed by atoms with Gasteiger partial charge in [-0.25, -0.2) is 0 Å². The number of hydrogen-bond donors (Lipinski definition) is 0. The smallest absolute Gasteiger partial charge is 0.298 e. The molecular weight excluding hydrogens is 286 g/mol. The summed E-state index contributed by atoms with van der Waals surface area (Å²) in [4.78, 5) is 40.8. The molecule has 0 bridgehead atoms. The lowest BCUT2D eigenvalue weighted by Gasteiger charge is -2.04. The lowest BCUT2D eigenvalue weighted by Crippen LogP contribution is -2.05. The van der Waals surface area contributed by atoms with Gasteiger partial charge in [0.25, 0.3) is 0 Å². The summed E-state index contributed by atoms with van der Waals surface area (Å²) in [5.41, 5.74) is -4.05. The van der Waals surface area contributed by atoms with E-state index in [1.54, 1.807) is 0 Å². The average Bonchev–Trinajstić information content (AvgIpc) is 2.43. The molecule has 0 aromatic heterocycles. The maximum absolute atomic E-state index is 11.1. The van der Waals surface area contributed by atoms with Crippen molar-refractivity contribution in [2.75, 3.05) is 0 Å². The molecule has 0 spiro atoms. The minimum absolute atomic E-state index is 0.0805. The van der Waals surface area contributed by atoms with Crippen molar-refractivity contribution in [2.24, 2.45) is 0 Å². The number of nitro groups is 3. The third kappa shape index (κ3) is 2.04. The van der Waals surface area contributed by atoms with E-state index >= 15 is 0 Å². The van der Waals surface area contributed by atoms with Crippen LogP contribution in [0.25, 0.3) is 10.8 Å². The van der Waals surface area contributed by atoms with Crippen LogP contribution in [0.1, 0.15) is 10.4 Å². The average molecular weight is 291 g/mol. The third-order valence-corrected chi connectivity index (χ3v) is 2.84. The Morgan fingerprint density at radius 1 is 0.762 bits per heavy atom. The second kappa shape index (κ2) is 4.92. The third-order valence-electron chi connectivity index (χ3n) is 2.84. The zero-order valence-electron chi connectivity index (χ0n) is 10.1. The molecule has 0 aliphatic rings. The van der Waals surface area contributed by atoms with E-state index in [2.05, 4.69) is 0 Å². The maximum atomic E-state index is 11.1. The van der Waals surface area contributed by atoms with E-state index in [0.29, 0.717) is 0 Å². The number of carbonyl (C=O) groups is 1. The van der Waals surface area contributed by atoms with Gasteiger partial charge in [0.15, 0.2) is 6.29 Å². The molecule has 10 heteroatoms. The van der Waals surface area contributed by atoms with E-state index in [0.717, 1.165) is 0 Å². The molecule has 106 valence electrons. The summed E-state index contributed by atoms with van der Waals surface area (Å²) in [6.07, 6.45) is 0.0805. The first-order chi connectivity index (χ1) is 9.90. The second-order valence-electron chi connectivity index (χ2n) is 3.89. The lowest BCUT2D eigenvalue weighted by molar-refractivity contribution is -0.440. The van der Waals surface area contributed by atoms with Crippen LogP contribution >= 0.6 is 0 Å². The van der Waals surface area contributed by atoms with Crippen molar-refractivity contribution in [3.63, 3.8) is 0 Å². The van der Waals surface area contributed by atoms with Gasteiger partial charge in [-0.1, -0.05) is 18.2 Å². The van der Waals surface area contributed by atoms with Crippen molar-refractivity contribution in [2.45, 2.75) is 0 Å². The van der Waals surface area contributed by atoms with E-state index in [-0.39, 0.29) is 17.1 Å². The van der Waals surface area contributed by atoms with Crippen LogP contribution in [0.5, 0.6) is 0 Å². The lowest BCUT2D eigenvalue weighted by atomic mass is 10.00. The van der Waals surface area contributed by atoms with Crippen LogP contribution < -0.4 is 0 Å². The monoisotopic (exact) mass is 291 g/mol. The molecule has 21 heavy (non-hydrogen) atoms. The Bertz CT molecular complexity index is 815. The largest absolute Gasteiger partial charge is 0.423 e. The molecule has 0 unspecified atom stereocenters. The predicted molar refractivity (Wildman–Crippen MR) is 69.3 cm³/mol. The van der Waals surface area contributed by atoms with Gasteiger partial charge in [-0.3, -0.25) is 35.1 Å². The molecule has 10 nitrogen and oxygen atoms in total. The SMILES string of the molecule is O=Cc1c([N+](=O)[O-])c([N+](=O)[O-])c([N+](=O)[O-])c2ccccc12. The minimum atomic E-state index is -1.30. The van der Waals surface area contributed by atoms with Gasteiger partial charge >= 0.3 is 17.1 Å². The fourth-order valence-electron chi connectivity index (χ4n) is 2.08. The molecule has 0 amide bonds. The summed E-state index contributed by atoms with van der Waals surface area (Å²) in [5, 5.41) is 32.9. The molecule has 0 aliphatic carbocycles. The maximum Gasteiger partial charge on any atom is 0.423 e. The molecule has 0 N–H and O–H groups in total. The predicted octanol–water partition coefficient (Wildman–Crippen LogP) is 2.38. The first kappa shape index (κ1) is 14.0. The van der Waals surface area contributed by atoms with Crippen LogP contribution in [0.3, 0.4) is 0 Å². The van der Waals surface area contributed by atoms with Crippen molar-refractivity contribution in [1.82, 2.24) is 0 Å². The normalized spacial score (nSPS) is 10.3. The summed E-state index contributed by atoms with van der Waals surface area (Å²) in [6.45, 7) is 0. The van der Waals surface area contributed by atoms with Gasteiger partial charge in [-0.2, -0.15) is 0 Å². The molecule has 0 atom stereocenters. The van der Waals surface area contributed by atoms with Gasteiger partial charge in [-0.05, 0) is 6.07 Å². The molecule has 0 aliphatic heterocycles. The van der Waals surface area contributed by atoms with Gasteiger partial charge in [0.05, 0.1) is 20.2 Å². The highest BCUT2D eigenvalue weighted by molar-refractivity contribution is 6.10. The molecule has 0 heterocycles. The van der Waals surface area contributed by atoms with Gasteiger partial charge in [0.1, 0.15) is 5.56 Å². The van der Waals surface area contributed by atoms with Gasteiger partial charge < -0.3 is 0 Å². The molecular formula is C11H5N3O7. The summed E-state index contributed by atoms with van der Waals surface area (Å²) >= 11 is 0. The van der Waals surface area contributed by atoms with Gasteiger partial charge in [0, 0.05) is 5.39 Å². The summed E-state index contributed by atoms with van der Waals surface area (Å²) in [5.74, 6) is 0. The molecule has 0 saturated carbocycles. The van der Waals surface area contributed by atoms with E-state index in [1.807, 2.05) is 0 Å². The molecule has 0 fully saturated rings. The topological polar surface area (TPSA) is 146 Å². The molecule has 2 aromatic carbocycles. The highest BCUT2D eigenvalue weighted by Crippen LogP contribution is 2.44. The van der Waals surface area contributed by atoms with Crippen molar-refractivity contribution >= 4 is 34.1 Å². The standard InChI is InChI=1S/C11H5N3O7/c15-5-8-6-3-1-2-4-7(6)9(12(16)17)11(14(20)21)10(8)13(18)19/h1-5H. The molecule has 2 aromatic rings. The first-order valence-electron chi connectivity index (χ1n) is 5.37. The van der Waals surface area contributed by atoms with Crippen molar-refractivity contribution in [3.05, 3.63) is 60.2 Å². The highest BCUT2D eigenvalue weighted by Gasteiger charge is 2.41. The van der Waals surface area contributed by atoms with Crippen LogP contribution in [-0.2, 0) is 0 Å². The highest BCUT2D eigenvalue weighted by atomic mass is 16.6. The minimum Gasteiger partial charge on any atom is -0.298 e. The fourth-order valence-corrected chi connectivity index (χ4v) is 2.08. The fraction of sp³-hybridized carbons (Fsp3) is 0. The molecule has 2 rings (SSSR count). The Hall–Kier alpha value is -3.43. The van der Waals surface area contributed by atoms with Crippen LogP contribution in [0.15, 0.2) is 24.3 Å². The number of aldehydes is 1. The van der Waals surface area contributed by atoms with Crippen molar-refractivity contribution in [1.29, 1.82) is 0 Å². The Morgan fingerprint density at radius 3 is 1.67 bits per heavy atom. The number of benzene rings is 2. The van der Waals surface area contributed by atoms with E-state index in [9.17, 15) is 35.1 Å². The summed E-state index contributed by atoms with van der Waals surface area (Å²) < 4.78 is 0. The van der Waals surface area contributed by atoms with Crippen molar-refractivity contribution < 1.29 is 19.6 Å².